The van der Waals surface area contributed by atoms with Gasteiger partial charge in [0.15, 0.2) is 0 Å². The monoisotopic (exact) mass is 263 g/mol. The SMILES string of the molecule is O=C(NC1CCN2CCCC2C1)c1ccc(F)nc1. The van der Waals surface area contributed by atoms with Crippen LogP contribution >= 0.6 is 0 Å². The van der Waals surface area contributed by atoms with Crippen molar-refractivity contribution in [2.75, 3.05) is 13.1 Å². The summed E-state index contributed by atoms with van der Waals surface area (Å²) in [7, 11) is 0. The summed E-state index contributed by atoms with van der Waals surface area (Å²) >= 11 is 0. The van der Waals surface area contributed by atoms with Crippen LogP contribution in [0, 0.1) is 5.95 Å². The number of fused-ring (bicyclic) bond motifs is 1. The van der Waals surface area contributed by atoms with E-state index in [4.69, 9.17) is 0 Å². The maximum Gasteiger partial charge on any atom is 0.253 e. The van der Waals surface area contributed by atoms with Crippen molar-refractivity contribution in [3.63, 3.8) is 0 Å². The van der Waals surface area contributed by atoms with E-state index in [1.54, 1.807) is 0 Å². The lowest BCUT2D eigenvalue weighted by atomic mass is 9.97. The summed E-state index contributed by atoms with van der Waals surface area (Å²) in [6.07, 6.45) is 5.82. The van der Waals surface area contributed by atoms with Crippen LogP contribution in [0.4, 0.5) is 4.39 Å². The van der Waals surface area contributed by atoms with Crippen LogP contribution in [-0.4, -0.2) is 41.0 Å². The second-order valence-corrected chi connectivity index (χ2v) is 5.40. The molecule has 2 fully saturated rings. The third-order valence-electron chi connectivity index (χ3n) is 4.15. The molecule has 0 aliphatic carbocycles. The largest absolute Gasteiger partial charge is 0.349 e. The highest BCUT2D eigenvalue weighted by molar-refractivity contribution is 5.94. The van der Waals surface area contributed by atoms with Crippen molar-refractivity contribution in [2.24, 2.45) is 0 Å². The summed E-state index contributed by atoms with van der Waals surface area (Å²) in [6, 6.07) is 3.55. The predicted octanol–water partition coefficient (Wildman–Crippen LogP) is 1.58. The minimum Gasteiger partial charge on any atom is -0.349 e. The molecule has 4 nitrogen and oxygen atoms in total. The Morgan fingerprint density at radius 3 is 3.05 bits per heavy atom. The Labute approximate surface area is 112 Å². The maximum atomic E-state index is 12.7. The molecule has 2 aliphatic rings. The first-order chi connectivity index (χ1) is 9.22. The van der Waals surface area contributed by atoms with E-state index in [0.717, 1.165) is 19.4 Å². The van der Waals surface area contributed by atoms with Crippen molar-refractivity contribution in [3.8, 4) is 0 Å². The van der Waals surface area contributed by atoms with E-state index in [0.29, 0.717) is 11.6 Å². The van der Waals surface area contributed by atoms with Gasteiger partial charge in [-0.15, -0.1) is 0 Å². The van der Waals surface area contributed by atoms with Gasteiger partial charge in [-0.1, -0.05) is 0 Å². The van der Waals surface area contributed by atoms with E-state index in [2.05, 4.69) is 15.2 Å². The molecule has 1 aromatic heterocycles. The molecule has 0 spiro atoms. The highest BCUT2D eigenvalue weighted by Crippen LogP contribution is 2.26. The lowest BCUT2D eigenvalue weighted by molar-refractivity contribution is 0.0895. The maximum absolute atomic E-state index is 12.7. The van der Waals surface area contributed by atoms with Crippen LogP contribution in [0.5, 0.6) is 0 Å². The van der Waals surface area contributed by atoms with Crippen molar-refractivity contribution >= 4 is 5.91 Å². The van der Waals surface area contributed by atoms with Gasteiger partial charge in [-0.3, -0.25) is 4.79 Å². The minimum atomic E-state index is -0.559. The average Bonchev–Trinajstić information content (AvgIpc) is 2.87. The molecular weight excluding hydrogens is 245 g/mol. The third-order valence-corrected chi connectivity index (χ3v) is 4.15. The molecule has 1 N–H and O–H groups in total. The zero-order valence-electron chi connectivity index (χ0n) is 10.8. The normalized spacial score (nSPS) is 27.0. The fourth-order valence-corrected chi connectivity index (χ4v) is 3.13. The fourth-order valence-electron chi connectivity index (χ4n) is 3.13. The predicted molar refractivity (Wildman–Crippen MR) is 69.3 cm³/mol. The Morgan fingerprint density at radius 2 is 2.26 bits per heavy atom. The van der Waals surface area contributed by atoms with Crippen LogP contribution < -0.4 is 5.32 Å². The van der Waals surface area contributed by atoms with Gasteiger partial charge < -0.3 is 10.2 Å². The molecule has 2 aliphatic heterocycles. The van der Waals surface area contributed by atoms with Gasteiger partial charge in [0, 0.05) is 24.8 Å². The number of piperidine rings is 1. The van der Waals surface area contributed by atoms with Crippen LogP contribution in [0.1, 0.15) is 36.0 Å². The van der Waals surface area contributed by atoms with Crippen LogP contribution in [0.2, 0.25) is 0 Å². The van der Waals surface area contributed by atoms with E-state index in [1.807, 2.05) is 0 Å². The fraction of sp³-hybridized carbons (Fsp3) is 0.571. The van der Waals surface area contributed by atoms with Crippen LogP contribution in [-0.2, 0) is 0 Å². The molecule has 2 saturated heterocycles. The Morgan fingerprint density at radius 1 is 1.37 bits per heavy atom. The lowest BCUT2D eigenvalue weighted by Gasteiger charge is -2.35. The van der Waals surface area contributed by atoms with Crippen molar-refractivity contribution in [1.29, 1.82) is 0 Å². The van der Waals surface area contributed by atoms with E-state index < -0.39 is 5.95 Å². The summed E-state index contributed by atoms with van der Waals surface area (Å²) in [5.74, 6) is -0.709. The van der Waals surface area contributed by atoms with Gasteiger partial charge in [-0.05, 0) is 44.4 Å². The number of rotatable bonds is 2. The second kappa shape index (κ2) is 5.25. The summed E-state index contributed by atoms with van der Waals surface area (Å²) < 4.78 is 12.7. The minimum absolute atomic E-state index is 0.149. The molecule has 3 heterocycles. The van der Waals surface area contributed by atoms with Crippen LogP contribution in [0.15, 0.2) is 18.3 Å². The molecule has 2 atom stereocenters. The Kier molecular flexibility index (Phi) is 3.46. The van der Waals surface area contributed by atoms with Gasteiger partial charge in [-0.25, -0.2) is 4.98 Å². The third kappa shape index (κ3) is 2.76. The number of nitrogens with zero attached hydrogens (tertiary/aromatic N) is 2. The number of carbonyl (C=O) groups excluding carboxylic acids is 1. The van der Waals surface area contributed by atoms with E-state index >= 15 is 0 Å². The average molecular weight is 263 g/mol. The molecule has 0 radical (unpaired) electrons. The van der Waals surface area contributed by atoms with Crippen molar-refractivity contribution in [2.45, 2.75) is 37.8 Å². The van der Waals surface area contributed by atoms with Gasteiger partial charge in [0.05, 0.1) is 5.56 Å². The van der Waals surface area contributed by atoms with E-state index in [-0.39, 0.29) is 11.9 Å². The Bertz CT molecular complexity index is 462. The van der Waals surface area contributed by atoms with Gasteiger partial charge in [0.25, 0.3) is 5.91 Å². The zero-order valence-corrected chi connectivity index (χ0v) is 10.8. The first-order valence-electron chi connectivity index (χ1n) is 6.89. The number of pyridine rings is 1. The number of nitrogens with one attached hydrogen (secondary N) is 1. The molecular formula is C14H18FN3O. The standard InChI is InChI=1S/C14H18FN3O/c15-13-4-3-10(9-16-13)14(19)17-11-5-7-18-6-1-2-12(18)8-11/h3-4,9,11-12H,1-2,5-8H2,(H,17,19). The highest BCUT2D eigenvalue weighted by atomic mass is 19.1. The van der Waals surface area contributed by atoms with Crippen LogP contribution in [0.25, 0.3) is 0 Å². The molecule has 102 valence electrons. The number of aromatic nitrogens is 1. The molecule has 0 saturated carbocycles. The Balaban J connectivity index is 1.59. The Hall–Kier alpha value is -1.49. The first kappa shape index (κ1) is 12.5. The lowest BCUT2D eigenvalue weighted by Crippen LogP contribution is -2.47. The number of hydrogen-bond donors (Lipinski definition) is 1. The molecule has 19 heavy (non-hydrogen) atoms. The summed E-state index contributed by atoms with van der Waals surface area (Å²) in [5.41, 5.74) is 0.426. The second-order valence-electron chi connectivity index (χ2n) is 5.40. The van der Waals surface area contributed by atoms with E-state index in [9.17, 15) is 9.18 Å². The number of hydrogen-bond acceptors (Lipinski definition) is 3. The summed E-state index contributed by atoms with van der Waals surface area (Å²) in [4.78, 5) is 18.1. The van der Waals surface area contributed by atoms with E-state index in [1.165, 1.54) is 37.7 Å². The molecule has 5 heteroatoms. The topological polar surface area (TPSA) is 45.2 Å². The smallest absolute Gasteiger partial charge is 0.253 e. The van der Waals surface area contributed by atoms with Crippen molar-refractivity contribution in [1.82, 2.24) is 15.2 Å². The van der Waals surface area contributed by atoms with Gasteiger partial charge in [0.1, 0.15) is 0 Å². The molecule has 0 aromatic carbocycles. The van der Waals surface area contributed by atoms with Crippen LogP contribution in [0.3, 0.4) is 0 Å². The molecule has 2 unspecified atom stereocenters. The molecule has 1 aromatic rings. The zero-order chi connectivity index (χ0) is 13.2. The van der Waals surface area contributed by atoms with Crippen molar-refractivity contribution in [3.05, 3.63) is 29.8 Å². The number of amides is 1. The number of carbonyl (C=O) groups is 1. The highest BCUT2D eigenvalue weighted by Gasteiger charge is 2.32. The first-order valence-corrected chi connectivity index (χ1v) is 6.89. The summed E-state index contributed by atoms with van der Waals surface area (Å²) in [5, 5.41) is 3.04. The molecule has 0 bridgehead atoms. The van der Waals surface area contributed by atoms with Gasteiger partial charge >= 0.3 is 0 Å². The summed E-state index contributed by atoms with van der Waals surface area (Å²) in [6.45, 7) is 2.27. The molecule has 1 amide bonds. The molecule has 3 rings (SSSR count). The quantitative estimate of drug-likeness (QED) is 0.824. The van der Waals surface area contributed by atoms with Crippen molar-refractivity contribution < 1.29 is 9.18 Å². The number of halogens is 1. The van der Waals surface area contributed by atoms with Gasteiger partial charge in [-0.2, -0.15) is 4.39 Å². The van der Waals surface area contributed by atoms with Gasteiger partial charge in [0.2, 0.25) is 5.95 Å².